The summed E-state index contributed by atoms with van der Waals surface area (Å²) in [5.74, 6) is -1.24. The maximum absolute atomic E-state index is 14.2. The highest BCUT2D eigenvalue weighted by atomic mass is 32.2. The van der Waals surface area contributed by atoms with Gasteiger partial charge in [0.2, 0.25) is 15.9 Å². The molecule has 6 N–H and O–H groups in total. The molecule has 0 spiro atoms. The zero-order chi connectivity index (χ0) is 32.2. The van der Waals surface area contributed by atoms with Gasteiger partial charge >= 0.3 is 13.9 Å². The average Bonchev–Trinajstić information content (AvgIpc) is 2.93. The number of amides is 2. The minimum atomic E-state index is -4.91. The van der Waals surface area contributed by atoms with Crippen LogP contribution < -0.4 is 16.4 Å². The number of halogens is 1. The molecule has 43 heavy (non-hydrogen) atoms. The van der Waals surface area contributed by atoms with E-state index in [0.717, 1.165) is 7.11 Å². The highest BCUT2D eigenvalue weighted by Gasteiger charge is 2.33. The van der Waals surface area contributed by atoms with Crippen molar-refractivity contribution in [1.82, 2.24) is 14.9 Å². The number of methoxy groups -OCH3 is 1. The molecule has 0 saturated carbocycles. The number of hydrogen-bond donors (Lipinski definition) is 5. The van der Waals surface area contributed by atoms with Gasteiger partial charge in [0.25, 0.3) is 0 Å². The summed E-state index contributed by atoms with van der Waals surface area (Å²) in [5, 5.41) is 5.06. The molecule has 0 bridgehead atoms. The lowest BCUT2D eigenvalue weighted by molar-refractivity contribution is -0.123. The molecule has 13 nitrogen and oxygen atoms in total. The van der Waals surface area contributed by atoms with Crippen molar-refractivity contribution in [2.24, 2.45) is 5.92 Å². The van der Waals surface area contributed by atoms with Crippen molar-refractivity contribution in [2.75, 3.05) is 32.5 Å². The number of carbonyl (C=O) groups excluding carboxylic acids is 2. The molecule has 0 fully saturated rings. The predicted molar refractivity (Wildman–Crippen MR) is 158 cm³/mol. The van der Waals surface area contributed by atoms with Crippen molar-refractivity contribution in [3.8, 4) is 0 Å². The summed E-state index contributed by atoms with van der Waals surface area (Å²) in [6, 6.07) is 9.38. The van der Waals surface area contributed by atoms with Crippen LogP contribution in [0.5, 0.6) is 0 Å². The van der Waals surface area contributed by atoms with Gasteiger partial charge in [0.1, 0.15) is 11.9 Å². The number of rotatable bonds is 17. The Bertz CT molecular complexity index is 1360. The van der Waals surface area contributed by atoms with Gasteiger partial charge in [0.05, 0.1) is 18.6 Å². The number of nitrogen functional groups attached to an aromatic ring is 1. The summed E-state index contributed by atoms with van der Waals surface area (Å²) < 4.78 is 63.3. The predicted octanol–water partition coefficient (Wildman–Crippen LogP) is 2.79. The van der Waals surface area contributed by atoms with E-state index in [-0.39, 0.29) is 42.3 Å². The van der Waals surface area contributed by atoms with Crippen LogP contribution >= 0.6 is 7.82 Å². The Hall–Kier alpha value is -3.07. The first-order valence-corrected chi connectivity index (χ1v) is 16.5. The molecule has 0 aromatic heterocycles. The van der Waals surface area contributed by atoms with Crippen molar-refractivity contribution in [3.63, 3.8) is 0 Å². The second kappa shape index (κ2) is 16.7. The van der Waals surface area contributed by atoms with Gasteiger partial charge in [0.15, 0.2) is 0 Å². The van der Waals surface area contributed by atoms with E-state index in [2.05, 4.69) is 15.4 Å². The Kier molecular flexibility index (Phi) is 14.0. The van der Waals surface area contributed by atoms with E-state index >= 15 is 0 Å². The molecule has 2 unspecified atom stereocenters. The summed E-state index contributed by atoms with van der Waals surface area (Å²) in [5.41, 5.74) is 6.30. The quantitative estimate of drug-likeness (QED) is 0.0968. The van der Waals surface area contributed by atoms with Crippen LogP contribution in [0.15, 0.2) is 53.4 Å². The fourth-order valence-electron chi connectivity index (χ4n) is 4.21. The van der Waals surface area contributed by atoms with Gasteiger partial charge in [-0.2, -0.15) is 4.31 Å². The number of phosphoric ester groups is 1. The van der Waals surface area contributed by atoms with Crippen molar-refractivity contribution in [3.05, 3.63) is 59.9 Å². The van der Waals surface area contributed by atoms with Gasteiger partial charge in [-0.3, -0.25) is 9.32 Å². The van der Waals surface area contributed by atoms with E-state index < -0.39 is 54.4 Å². The molecular formula is C27H40FN4O9PS. The van der Waals surface area contributed by atoms with Gasteiger partial charge in [-0.1, -0.05) is 38.5 Å². The number of ether oxygens (including phenoxy) is 1. The molecule has 2 atom stereocenters. The largest absolute Gasteiger partial charge is 0.469 e. The van der Waals surface area contributed by atoms with Crippen LogP contribution in [-0.2, 0) is 35.1 Å². The van der Waals surface area contributed by atoms with Crippen LogP contribution in [0, 0.1) is 11.7 Å². The van der Waals surface area contributed by atoms with Gasteiger partial charge < -0.3 is 30.9 Å². The maximum Gasteiger partial charge on any atom is 0.469 e. The molecule has 2 aromatic rings. The summed E-state index contributed by atoms with van der Waals surface area (Å²) in [7, 11) is -7.87. The minimum absolute atomic E-state index is 0.0326. The van der Waals surface area contributed by atoms with Gasteiger partial charge in [-0.15, -0.1) is 0 Å². The molecule has 0 saturated heterocycles. The molecule has 16 heteroatoms. The third kappa shape index (κ3) is 12.2. The molecule has 2 rings (SSSR count). The lowest BCUT2D eigenvalue weighted by Gasteiger charge is -2.32. The lowest BCUT2D eigenvalue weighted by Crippen LogP contribution is -2.48. The number of phosphoric acid groups is 1. The lowest BCUT2D eigenvalue weighted by atomic mass is 10.0. The van der Waals surface area contributed by atoms with Crippen molar-refractivity contribution in [2.45, 2.75) is 56.5 Å². The summed E-state index contributed by atoms with van der Waals surface area (Å²) in [6.07, 6.45) is -0.153. The standard InChI is InChI=1S/C27H40FN4O9PS/c1-19(2)17-32(43(38,39)23-13-11-21(29)12-14-23)22(18-41-42(35,36)37)9-6-7-15-30-26(33)25(31-27(34)40-3)16-20-8-4-5-10-24(20)28/h4-5,8,10-14,19,22,25H,6-7,9,15-18,29H2,1-3H3,(H,30,33)(H,31,34)(H2,35,36,37). The van der Waals surface area contributed by atoms with Crippen LogP contribution in [-0.4, -0.2) is 73.4 Å². The third-order valence-corrected chi connectivity index (χ3v) is 8.73. The van der Waals surface area contributed by atoms with Crippen molar-refractivity contribution >= 4 is 35.5 Å². The zero-order valence-corrected chi connectivity index (χ0v) is 26.0. The molecule has 0 heterocycles. The molecular weight excluding hydrogens is 606 g/mol. The Balaban J connectivity index is 2.12. The maximum atomic E-state index is 14.2. The van der Waals surface area contributed by atoms with Crippen LogP contribution in [0.3, 0.4) is 0 Å². The van der Waals surface area contributed by atoms with Crippen LogP contribution in [0.2, 0.25) is 0 Å². The second-order valence-corrected chi connectivity index (χ2v) is 13.4. The fraction of sp³-hybridized carbons (Fsp3) is 0.481. The van der Waals surface area contributed by atoms with Crippen molar-refractivity contribution < 1.29 is 46.0 Å². The second-order valence-electron chi connectivity index (χ2n) is 10.2. The number of sulfonamides is 1. The molecule has 0 aliphatic heterocycles. The van der Waals surface area contributed by atoms with E-state index in [0.29, 0.717) is 18.5 Å². The molecule has 0 aliphatic carbocycles. The highest BCUT2D eigenvalue weighted by molar-refractivity contribution is 7.89. The molecule has 0 aliphatic rings. The number of nitrogens with one attached hydrogen (secondary N) is 2. The minimum Gasteiger partial charge on any atom is -0.453 e. The van der Waals surface area contributed by atoms with E-state index in [1.807, 2.05) is 13.8 Å². The monoisotopic (exact) mass is 646 g/mol. The third-order valence-electron chi connectivity index (χ3n) is 6.31. The number of alkyl carbamates (subject to hydrolysis) is 1. The van der Waals surface area contributed by atoms with Gasteiger partial charge in [-0.05, 0) is 54.7 Å². The van der Waals surface area contributed by atoms with E-state index in [4.69, 9.17) is 10.3 Å². The normalized spacial score (nSPS) is 13.5. The van der Waals surface area contributed by atoms with E-state index in [1.54, 1.807) is 6.07 Å². The number of anilines is 1. The first-order chi connectivity index (χ1) is 20.1. The number of nitrogens with zero attached hydrogens (tertiary/aromatic N) is 1. The topological polar surface area (TPSA) is 198 Å². The number of carbonyl (C=O) groups is 2. The molecule has 0 radical (unpaired) electrons. The molecule has 2 aromatic carbocycles. The summed E-state index contributed by atoms with van der Waals surface area (Å²) >= 11 is 0. The average molecular weight is 647 g/mol. The first-order valence-electron chi connectivity index (χ1n) is 13.6. The summed E-state index contributed by atoms with van der Waals surface area (Å²) in [6.45, 7) is 3.22. The fourth-order valence-corrected chi connectivity index (χ4v) is 6.38. The number of benzene rings is 2. The highest BCUT2D eigenvalue weighted by Crippen LogP contribution is 2.37. The van der Waals surface area contributed by atoms with E-state index in [9.17, 15) is 36.7 Å². The van der Waals surface area contributed by atoms with Gasteiger partial charge in [0, 0.05) is 31.2 Å². The Morgan fingerprint density at radius 2 is 1.74 bits per heavy atom. The van der Waals surface area contributed by atoms with E-state index in [1.165, 1.54) is 46.8 Å². The molecule has 2 amide bonds. The number of hydrogen-bond acceptors (Lipinski definition) is 8. The SMILES string of the molecule is COC(=O)NC(Cc1ccccc1F)C(=O)NCCCCC(COP(=O)(O)O)N(CC(C)C)S(=O)(=O)c1ccc(N)cc1. The number of nitrogens with two attached hydrogens (primary N) is 1. The van der Waals surface area contributed by atoms with Crippen molar-refractivity contribution in [1.29, 1.82) is 0 Å². The first kappa shape index (κ1) is 36.1. The van der Waals surface area contributed by atoms with Crippen LogP contribution in [0.4, 0.5) is 14.9 Å². The Morgan fingerprint density at radius 1 is 1.09 bits per heavy atom. The smallest absolute Gasteiger partial charge is 0.453 e. The Morgan fingerprint density at radius 3 is 2.33 bits per heavy atom. The number of unbranched alkanes of at least 4 members (excludes halogenated alkanes) is 1. The zero-order valence-electron chi connectivity index (χ0n) is 24.3. The summed E-state index contributed by atoms with van der Waals surface area (Å²) in [4.78, 5) is 43.2. The van der Waals surface area contributed by atoms with Crippen LogP contribution in [0.25, 0.3) is 0 Å². The Labute approximate surface area is 251 Å². The van der Waals surface area contributed by atoms with Gasteiger partial charge in [-0.25, -0.2) is 22.2 Å². The van der Waals surface area contributed by atoms with Crippen LogP contribution in [0.1, 0.15) is 38.7 Å². The molecule has 240 valence electrons.